The number of rotatable bonds is 6. The van der Waals surface area contributed by atoms with Crippen molar-refractivity contribution in [3.63, 3.8) is 0 Å². The smallest absolute Gasteiger partial charge is 0.159 e. The molecule has 0 amide bonds. The Morgan fingerprint density at radius 1 is 1.37 bits per heavy atom. The third-order valence-electron chi connectivity index (χ3n) is 3.51. The zero-order chi connectivity index (χ0) is 13.7. The maximum absolute atomic E-state index is 13.3. The van der Waals surface area contributed by atoms with Crippen LogP contribution in [0.15, 0.2) is 18.2 Å². The standard InChI is InChI=1S/C15H21F2NS/c1-2-7-18-14(15-4-3-8-19-15)10-11-5-6-12(16)13(17)9-11/h5-6,9,14-15,18H,2-4,7-8,10H2,1H3. The highest BCUT2D eigenvalue weighted by Gasteiger charge is 2.25. The maximum atomic E-state index is 13.3. The highest BCUT2D eigenvalue weighted by atomic mass is 32.2. The second-order valence-corrected chi connectivity index (χ2v) is 6.41. The van der Waals surface area contributed by atoms with Crippen LogP contribution in [-0.2, 0) is 6.42 Å². The summed E-state index contributed by atoms with van der Waals surface area (Å²) in [5, 5.41) is 4.15. The Morgan fingerprint density at radius 2 is 2.21 bits per heavy atom. The topological polar surface area (TPSA) is 12.0 Å². The second kappa shape index (κ2) is 7.25. The van der Waals surface area contributed by atoms with Crippen LogP contribution in [0.4, 0.5) is 8.78 Å². The maximum Gasteiger partial charge on any atom is 0.159 e. The van der Waals surface area contributed by atoms with Crippen LogP contribution in [0.3, 0.4) is 0 Å². The first-order chi connectivity index (χ1) is 9.20. The van der Waals surface area contributed by atoms with Crippen LogP contribution in [0.5, 0.6) is 0 Å². The molecule has 0 saturated carbocycles. The van der Waals surface area contributed by atoms with Gasteiger partial charge in [-0.25, -0.2) is 8.78 Å². The summed E-state index contributed by atoms with van der Waals surface area (Å²) < 4.78 is 26.2. The molecule has 0 aliphatic carbocycles. The van der Waals surface area contributed by atoms with Gasteiger partial charge in [0.2, 0.25) is 0 Å². The molecule has 0 radical (unpaired) electrons. The quantitative estimate of drug-likeness (QED) is 0.854. The molecular formula is C15H21F2NS. The van der Waals surface area contributed by atoms with E-state index in [1.54, 1.807) is 6.07 Å². The molecule has 1 N–H and O–H groups in total. The van der Waals surface area contributed by atoms with E-state index >= 15 is 0 Å². The van der Waals surface area contributed by atoms with Crippen LogP contribution in [-0.4, -0.2) is 23.6 Å². The molecule has 1 heterocycles. The van der Waals surface area contributed by atoms with Crippen molar-refractivity contribution in [2.24, 2.45) is 0 Å². The Kier molecular flexibility index (Phi) is 5.64. The molecule has 0 bridgehead atoms. The molecular weight excluding hydrogens is 264 g/mol. The lowest BCUT2D eigenvalue weighted by Crippen LogP contribution is -2.39. The lowest BCUT2D eigenvalue weighted by atomic mass is 10.0. The van der Waals surface area contributed by atoms with E-state index in [9.17, 15) is 8.78 Å². The van der Waals surface area contributed by atoms with Gasteiger partial charge in [-0.2, -0.15) is 11.8 Å². The average molecular weight is 285 g/mol. The molecule has 1 aromatic rings. The van der Waals surface area contributed by atoms with Crippen LogP contribution >= 0.6 is 11.8 Å². The van der Waals surface area contributed by atoms with Crippen molar-refractivity contribution in [3.8, 4) is 0 Å². The first-order valence-electron chi connectivity index (χ1n) is 6.99. The van der Waals surface area contributed by atoms with Gasteiger partial charge in [-0.1, -0.05) is 13.0 Å². The van der Waals surface area contributed by atoms with Gasteiger partial charge in [0.15, 0.2) is 11.6 Å². The van der Waals surface area contributed by atoms with Gasteiger partial charge in [-0.3, -0.25) is 0 Å². The van der Waals surface area contributed by atoms with Crippen molar-refractivity contribution < 1.29 is 8.78 Å². The van der Waals surface area contributed by atoms with Gasteiger partial charge in [0, 0.05) is 11.3 Å². The zero-order valence-electron chi connectivity index (χ0n) is 11.3. The molecule has 1 aliphatic rings. The van der Waals surface area contributed by atoms with Crippen LogP contribution in [0, 0.1) is 11.6 Å². The number of nitrogens with one attached hydrogen (secondary N) is 1. The third-order valence-corrected chi connectivity index (χ3v) is 5.03. The van der Waals surface area contributed by atoms with Crippen molar-refractivity contribution in [1.29, 1.82) is 0 Å². The van der Waals surface area contributed by atoms with Gasteiger partial charge in [-0.15, -0.1) is 0 Å². The summed E-state index contributed by atoms with van der Waals surface area (Å²) in [5.74, 6) is -0.296. The number of halogens is 2. The van der Waals surface area contributed by atoms with Gasteiger partial charge < -0.3 is 5.32 Å². The minimum Gasteiger partial charge on any atom is -0.313 e. The van der Waals surface area contributed by atoms with Crippen LogP contribution in [0.2, 0.25) is 0 Å². The van der Waals surface area contributed by atoms with E-state index in [1.807, 2.05) is 11.8 Å². The first-order valence-corrected chi connectivity index (χ1v) is 8.04. The Morgan fingerprint density at radius 3 is 2.84 bits per heavy atom. The first kappa shape index (κ1) is 14.8. The lowest BCUT2D eigenvalue weighted by Gasteiger charge is -2.24. The van der Waals surface area contributed by atoms with E-state index in [4.69, 9.17) is 0 Å². The predicted octanol–water partition coefficient (Wildman–Crippen LogP) is 3.77. The van der Waals surface area contributed by atoms with E-state index in [0.29, 0.717) is 11.3 Å². The lowest BCUT2D eigenvalue weighted by molar-refractivity contribution is 0.476. The van der Waals surface area contributed by atoms with Crippen LogP contribution in [0.1, 0.15) is 31.7 Å². The second-order valence-electron chi connectivity index (χ2n) is 5.06. The van der Waals surface area contributed by atoms with Gasteiger partial charge in [-0.05, 0) is 55.7 Å². The SMILES string of the molecule is CCCNC(Cc1ccc(F)c(F)c1)C1CCCS1. The number of thioether (sulfide) groups is 1. The van der Waals surface area contributed by atoms with Crippen molar-refractivity contribution >= 4 is 11.8 Å². The summed E-state index contributed by atoms with van der Waals surface area (Å²) in [7, 11) is 0. The fraction of sp³-hybridized carbons (Fsp3) is 0.600. The average Bonchev–Trinajstić information content (AvgIpc) is 2.92. The summed E-state index contributed by atoms with van der Waals surface area (Å²) in [4.78, 5) is 0. The number of benzene rings is 1. The van der Waals surface area contributed by atoms with E-state index in [2.05, 4.69) is 12.2 Å². The Balaban J connectivity index is 2.03. The van der Waals surface area contributed by atoms with Gasteiger partial charge >= 0.3 is 0 Å². The minimum atomic E-state index is -0.767. The highest BCUT2D eigenvalue weighted by molar-refractivity contribution is 8.00. The molecule has 1 aliphatic heterocycles. The van der Waals surface area contributed by atoms with E-state index in [0.717, 1.165) is 24.9 Å². The molecule has 0 spiro atoms. The molecule has 0 aromatic heterocycles. The molecule has 2 rings (SSSR count). The zero-order valence-corrected chi connectivity index (χ0v) is 12.1. The van der Waals surface area contributed by atoms with Crippen molar-refractivity contribution in [2.75, 3.05) is 12.3 Å². The van der Waals surface area contributed by atoms with Gasteiger partial charge in [0.1, 0.15) is 0 Å². The molecule has 1 aromatic carbocycles. The van der Waals surface area contributed by atoms with Gasteiger partial charge in [0.25, 0.3) is 0 Å². The molecule has 1 saturated heterocycles. The summed E-state index contributed by atoms with van der Waals surface area (Å²) >= 11 is 2.00. The summed E-state index contributed by atoms with van der Waals surface area (Å²) in [6.45, 7) is 3.12. The molecule has 2 atom stereocenters. The monoisotopic (exact) mass is 285 g/mol. The van der Waals surface area contributed by atoms with Gasteiger partial charge in [0.05, 0.1) is 0 Å². The normalized spacial score (nSPS) is 20.7. The van der Waals surface area contributed by atoms with E-state index in [1.165, 1.54) is 30.7 Å². The Hall–Kier alpha value is -0.610. The summed E-state index contributed by atoms with van der Waals surface area (Å²) in [6, 6.07) is 4.61. The van der Waals surface area contributed by atoms with Crippen LogP contribution in [0.25, 0.3) is 0 Å². The van der Waals surface area contributed by atoms with E-state index in [-0.39, 0.29) is 0 Å². The predicted molar refractivity (Wildman–Crippen MR) is 77.6 cm³/mol. The fourth-order valence-electron chi connectivity index (χ4n) is 2.51. The minimum absolute atomic E-state index is 0.359. The Labute approximate surface area is 118 Å². The molecule has 106 valence electrons. The molecule has 4 heteroatoms. The molecule has 2 unspecified atom stereocenters. The van der Waals surface area contributed by atoms with Crippen LogP contribution < -0.4 is 5.32 Å². The summed E-state index contributed by atoms with van der Waals surface area (Å²) in [5.41, 5.74) is 0.875. The van der Waals surface area contributed by atoms with E-state index < -0.39 is 11.6 Å². The van der Waals surface area contributed by atoms with Crippen molar-refractivity contribution in [3.05, 3.63) is 35.4 Å². The molecule has 1 fully saturated rings. The Bertz CT molecular complexity index is 405. The largest absolute Gasteiger partial charge is 0.313 e. The molecule has 19 heavy (non-hydrogen) atoms. The summed E-state index contributed by atoms with van der Waals surface area (Å²) in [6.07, 6.45) is 4.34. The van der Waals surface area contributed by atoms with Crippen molar-refractivity contribution in [2.45, 2.75) is 43.9 Å². The highest BCUT2D eigenvalue weighted by Crippen LogP contribution is 2.30. The number of hydrogen-bond acceptors (Lipinski definition) is 2. The third kappa shape index (κ3) is 4.18. The fourth-order valence-corrected chi connectivity index (χ4v) is 3.90. The molecule has 1 nitrogen and oxygen atoms in total. The number of hydrogen-bond donors (Lipinski definition) is 1. The van der Waals surface area contributed by atoms with Crippen molar-refractivity contribution in [1.82, 2.24) is 5.32 Å².